The summed E-state index contributed by atoms with van der Waals surface area (Å²) in [5.41, 5.74) is 1.19. The summed E-state index contributed by atoms with van der Waals surface area (Å²) in [5, 5.41) is 10.8. The lowest BCUT2D eigenvalue weighted by Gasteiger charge is -2.11. The third kappa shape index (κ3) is 9.99. The molecule has 0 radical (unpaired) electrons. The van der Waals surface area contributed by atoms with Crippen molar-refractivity contribution >= 4 is 29.9 Å². The third-order valence-electron chi connectivity index (χ3n) is 2.91. The average molecular weight is 423 g/mol. The van der Waals surface area contributed by atoms with Crippen LogP contribution in [0.15, 0.2) is 17.4 Å². The maximum absolute atomic E-state index is 5.31. The van der Waals surface area contributed by atoms with E-state index in [0.29, 0.717) is 0 Å². The van der Waals surface area contributed by atoms with Crippen molar-refractivity contribution in [2.24, 2.45) is 4.99 Å². The van der Waals surface area contributed by atoms with Gasteiger partial charge in [-0.15, -0.1) is 24.0 Å². The van der Waals surface area contributed by atoms with E-state index >= 15 is 0 Å². The first-order valence-corrected chi connectivity index (χ1v) is 7.85. The second-order valence-electron chi connectivity index (χ2n) is 4.87. The SMILES string of the molecule is CCNC(=NCCCCOCC)NCCn1cc(C)cn1.I. The van der Waals surface area contributed by atoms with Crippen molar-refractivity contribution in [2.75, 3.05) is 32.8 Å². The molecule has 0 fully saturated rings. The van der Waals surface area contributed by atoms with Gasteiger partial charge in [0.1, 0.15) is 0 Å². The molecular formula is C15H30IN5O. The van der Waals surface area contributed by atoms with Crippen molar-refractivity contribution in [1.82, 2.24) is 20.4 Å². The highest BCUT2D eigenvalue weighted by molar-refractivity contribution is 14.0. The van der Waals surface area contributed by atoms with Crippen molar-refractivity contribution in [2.45, 2.75) is 40.2 Å². The van der Waals surface area contributed by atoms with Gasteiger partial charge in [-0.25, -0.2) is 0 Å². The van der Waals surface area contributed by atoms with E-state index in [1.807, 2.05) is 30.9 Å². The second-order valence-corrected chi connectivity index (χ2v) is 4.87. The summed E-state index contributed by atoms with van der Waals surface area (Å²) in [5.74, 6) is 0.873. The van der Waals surface area contributed by atoms with Gasteiger partial charge < -0.3 is 15.4 Å². The summed E-state index contributed by atoms with van der Waals surface area (Å²) in [6.45, 7) is 11.1. The minimum Gasteiger partial charge on any atom is -0.382 e. The van der Waals surface area contributed by atoms with E-state index in [9.17, 15) is 0 Å². The predicted octanol–water partition coefficient (Wildman–Crippen LogP) is 2.18. The fraction of sp³-hybridized carbons (Fsp3) is 0.733. The van der Waals surface area contributed by atoms with Gasteiger partial charge in [0.15, 0.2) is 5.96 Å². The highest BCUT2D eigenvalue weighted by Crippen LogP contribution is 1.93. The molecule has 0 bridgehead atoms. The van der Waals surface area contributed by atoms with E-state index in [1.54, 1.807) is 0 Å². The number of hydrogen-bond donors (Lipinski definition) is 2. The molecule has 0 amide bonds. The normalized spacial score (nSPS) is 11.1. The molecule has 2 N–H and O–H groups in total. The molecule has 0 aromatic carbocycles. The van der Waals surface area contributed by atoms with Gasteiger partial charge in [0.25, 0.3) is 0 Å². The molecule has 0 spiro atoms. The first-order valence-electron chi connectivity index (χ1n) is 7.85. The van der Waals surface area contributed by atoms with Crippen molar-refractivity contribution in [1.29, 1.82) is 0 Å². The van der Waals surface area contributed by atoms with Crippen LogP contribution in [0.3, 0.4) is 0 Å². The van der Waals surface area contributed by atoms with E-state index in [0.717, 1.165) is 58.2 Å². The Morgan fingerprint density at radius 3 is 2.77 bits per heavy atom. The molecule has 0 aliphatic heterocycles. The van der Waals surface area contributed by atoms with E-state index in [4.69, 9.17) is 4.74 Å². The Balaban J connectivity index is 0.00000441. The molecule has 1 rings (SSSR count). The Kier molecular flexibility index (Phi) is 13.3. The number of nitrogens with one attached hydrogen (secondary N) is 2. The molecule has 1 aromatic heterocycles. The molecule has 0 aliphatic rings. The quantitative estimate of drug-likeness (QED) is 0.262. The standard InChI is InChI=1S/C15H29N5O.HI/c1-4-16-15(17-8-6-7-11-21-5-2)18-9-10-20-13-14(3)12-19-20;/h12-13H,4-11H2,1-3H3,(H2,16,17,18);1H. The number of halogens is 1. The molecule has 0 saturated carbocycles. The number of hydrogen-bond acceptors (Lipinski definition) is 3. The van der Waals surface area contributed by atoms with Crippen LogP contribution in [0.2, 0.25) is 0 Å². The molecular weight excluding hydrogens is 393 g/mol. The lowest BCUT2D eigenvalue weighted by atomic mass is 10.3. The van der Waals surface area contributed by atoms with Gasteiger partial charge in [0.2, 0.25) is 0 Å². The lowest BCUT2D eigenvalue weighted by molar-refractivity contribution is 0.144. The van der Waals surface area contributed by atoms with Gasteiger partial charge in [0, 0.05) is 39.0 Å². The molecule has 0 atom stereocenters. The number of nitrogens with zero attached hydrogens (tertiary/aromatic N) is 3. The molecule has 7 heteroatoms. The van der Waals surface area contributed by atoms with Gasteiger partial charge in [-0.3, -0.25) is 9.67 Å². The number of guanidine groups is 1. The Morgan fingerprint density at radius 1 is 1.32 bits per heavy atom. The number of aromatic nitrogens is 2. The largest absolute Gasteiger partial charge is 0.382 e. The number of aliphatic imine (C=N–C) groups is 1. The third-order valence-corrected chi connectivity index (χ3v) is 2.91. The van der Waals surface area contributed by atoms with Gasteiger partial charge >= 0.3 is 0 Å². The average Bonchev–Trinajstić information content (AvgIpc) is 2.88. The lowest BCUT2D eigenvalue weighted by Crippen LogP contribution is -2.39. The number of rotatable bonds is 10. The van der Waals surface area contributed by atoms with E-state index in [1.165, 1.54) is 5.56 Å². The van der Waals surface area contributed by atoms with E-state index < -0.39 is 0 Å². The van der Waals surface area contributed by atoms with Crippen LogP contribution in [0.4, 0.5) is 0 Å². The molecule has 0 aliphatic carbocycles. The summed E-state index contributed by atoms with van der Waals surface area (Å²) in [7, 11) is 0. The van der Waals surface area contributed by atoms with Gasteiger partial charge in [-0.2, -0.15) is 5.10 Å². The number of aryl methyl sites for hydroxylation is 1. The topological polar surface area (TPSA) is 63.5 Å². The monoisotopic (exact) mass is 423 g/mol. The Morgan fingerprint density at radius 2 is 2.14 bits per heavy atom. The fourth-order valence-corrected chi connectivity index (χ4v) is 1.87. The van der Waals surface area contributed by atoms with Crippen LogP contribution in [-0.4, -0.2) is 48.6 Å². The van der Waals surface area contributed by atoms with Crippen LogP contribution in [0.1, 0.15) is 32.3 Å². The highest BCUT2D eigenvalue weighted by atomic mass is 127. The van der Waals surface area contributed by atoms with Crippen molar-refractivity contribution in [3.05, 3.63) is 18.0 Å². The second kappa shape index (κ2) is 13.8. The van der Waals surface area contributed by atoms with Crippen LogP contribution >= 0.6 is 24.0 Å². The molecule has 0 saturated heterocycles. The first-order chi connectivity index (χ1) is 10.3. The Hall–Kier alpha value is -0.830. The van der Waals surface area contributed by atoms with E-state index in [2.05, 4.69) is 27.6 Å². The molecule has 128 valence electrons. The molecule has 1 aromatic rings. The zero-order valence-corrected chi connectivity index (χ0v) is 16.3. The minimum atomic E-state index is 0. The zero-order valence-electron chi connectivity index (χ0n) is 14.0. The maximum Gasteiger partial charge on any atom is 0.191 e. The molecule has 6 nitrogen and oxygen atoms in total. The zero-order chi connectivity index (χ0) is 15.3. The van der Waals surface area contributed by atoms with Crippen LogP contribution in [0.5, 0.6) is 0 Å². The van der Waals surface area contributed by atoms with Crippen LogP contribution < -0.4 is 10.6 Å². The van der Waals surface area contributed by atoms with Gasteiger partial charge in [0.05, 0.1) is 12.7 Å². The van der Waals surface area contributed by atoms with Crippen LogP contribution in [0, 0.1) is 6.92 Å². The molecule has 0 unspecified atom stereocenters. The summed E-state index contributed by atoms with van der Waals surface area (Å²) >= 11 is 0. The van der Waals surface area contributed by atoms with Gasteiger partial charge in [-0.1, -0.05) is 0 Å². The van der Waals surface area contributed by atoms with Crippen molar-refractivity contribution in [3.63, 3.8) is 0 Å². The highest BCUT2D eigenvalue weighted by Gasteiger charge is 1.98. The summed E-state index contributed by atoms with van der Waals surface area (Å²) in [4.78, 5) is 4.56. The summed E-state index contributed by atoms with van der Waals surface area (Å²) in [6, 6.07) is 0. The van der Waals surface area contributed by atoms with Crippen LogP contribution in [0.25, 0.3) is 0 Å². The maximum atomic E-state index is 5.31. The molecule has 1 heterocycles. The predicted molar refractivity (Wildman–Crippen MR) is 102 cm³/mol. The summed E-state index contributed by atoms with van der Waals surface area (Å²) in [6.07, 6.45) is 6.02. The van der Waals surface area contributed by atoms with E-state index in [-0.39, 0.29) is 24.0 Å². The van der Waals surface area contributed by atoms with Crippen molar-refractivity contribution in [3.8, 4) is 0 Å². The Labute approximate surface area is 151 Å². The van der Waals surface area contributed by atoms with Crippen LogP contribution in [-0.2, 0) is 11.3 Å². The fourth-order valence-electron chi connectivity index (χ4n) is 1.87. The smallest absolute Gasteiger partial charge is 0.191 e. The number of unbranched alkanes of at least 4 members (excludes halogenated alkanes) is 1. The number of ether oxygens (including phenoxy) is 1. The Bertz CT molecular complexity index is 408. The molecule has 22 heavy (non-hydrogen) atoms. The summed E-state index contributed by atoms with van der Waals surface area (Å²) < 4.78 is 7.25. The van der Waals surface area contributed by atoms with Gasteiger partial charge in [-0.05, 0) is 39.2 Å². The first kappa shape index (κ1) is 21.2. The minimum absolute atomic E-state index is 0. The van der Waals surface area contributed by atoms with Crippen molar-refractivity contribution < 1.29 is 4.74 Å².